The fraction of sp³-hybridized carbons (Fsp3) is 0.211. The van der Waals surface area contributed by atoms with Gasteiger partial charge in [-0.2, -0.15) is 0 Å². The number of carbonyl (C=O) groups is 2. The fourth-order valence-electron chi connectivity index (χ4n) is 2.08. The second-order valence-corrected chi connectivity index (χ2v) is 5.30. The van der Waals surface area contributed by atoms with Crippen molar-refractivity contribution in [3.63, 3.8) is 0 Å². The SMILES string of the molecule is C=C(NC(=O)/C(C=O)=C(/O)CN(CC)c1ccccc1)C(=N)/C=C\NC. The van der Waals surface area contributed by atoms with Crippen LogP contribution in [0.3, 0.4) is 0 Å². The lowest BCUT2D eigenvalue weighted by atomic mass is 10.2. The Kier molecular flexibility index (Phi) is 8.36. The molecule has 0 fully saturated rings. The molecule has 4 N–H and O–H groups in total. The van der Waals surface area contributed by atoms with Crippen molar-refractivity contribution in [2.75, 3.05) is 25.0 Å². The molecule has 1 aromatic carbocycles. The van der Waals surface area contributed by atoms with Gasteiger partial charge in [-0.15, -0.1) is 0 Å². The topological polar surface area (TPSA) is 106 Å². The smallest absolute Gasteiger partial charge is 0.262 e. The molecule has 0 atom stereocenters. The van der Waals surface area contributed by atoms with Gasteiger partial charge in [0.25, 0.3) is 5.91 Å². The van der Waals surface area contributed by atoms with Crippen LogP contribution in [-0.4, -0.2) is 43.1 Å². The van der Waals surface area contributed by atoms with Crippen LogP contribution in [-0.2, 0) is 9.59 Å². The molecule has 0 unspecified atom stereocenters. The molecule has 0 heterocycles. The highest BCUT2D eigenvalue weighted by Gasteiger charge is 2.18. The second kappa shape index (κ2) is 10.5. The van der Waals surface area contributed by atoms with Gasteiger partial charge in [-0.1, -0.05) is 24.8 Å². The predicted octanol–water partition coefficient (Wildman–Crippen LogP) is 1.91. The maximum absolute atomic E-state index is 12.2. The van der Waals surface area contributed by atoms with Gasteiger partial charge in [0.1, 0.15) is 11.3 Å². The molecule has 0 aliphatic carbocycles. The van der Waals surface area contributed by atoms with Gasteiger partial charge < -0.3 is 20.6 Å². The van der Waals surface area contributed by atoms with Crippen LogP contribution in [0.4, 0.5) is 5.69 Å². The van der Waals surface area contributed by atoms with E-state index in [4.69, 9.17) is 5.41 Å². The number of aliphatic hydroxyl groups excluding tert-OH is 1. The van der Waals surface area contributed by atoms with E-state index < -0.39 is 11.5 Å². The molecule has 1 amide bonds. The van der Waals surface area contributed by atoms with Gasteiger partial charge >= 0.3 is 0 Å². The van der Waals surface area contributed by atoms with Gasteiger partial charge in [0.05, 0.1) is 18.0 Å². The molecular weight excluding hydrogens is 332 g/mol. The number of likely N-dealkylation sites (N-methyl/N-ethyl adjacent to an activating group) is 1. The van der Waals surface area contributed by atoms with E-state index >= 15 is 0 Å². The summed E-state index contributed by atoms with van der Waals surface area (Å²) < 4.78 is 0. The summed E-state index contributed by atoms with van der Waals surface area (Å²) in [6.45, 7) is 6.07. The molecule has 0 aliphatic heterocycles. The van der Waals surface area contributed by atoms with Crippen LogP contribution in [0.5, 0.6) is 0 Å². The van der Waals surface area contributed by atoms with Crippen LogP contribution >= 0.6 is 0 Å². The van der Waals surface area contributed by atoms with E-state index in [-0.39, 0.29) is 23.7 Å². The lowest BCUT2D eigenvalue weighted by Gasteiger charge is -2.23. The van der Waals surface area contributed by atoms with E-state index in [1.54, 1.807) is 7.05 Å². The lowest BCUT2D eigenvalue weighted by molar-refractivity contribution is -0.118. The molecule has 26 heavy (non-hydrogen) atoms. The van der Waals surface area contributed by atoms with Gasteiger partial charge in [-0.25, -0.2) is 0 Å². The standard InChI is InChI=1S/C19H24N4O3/c1-4-23(15-8-6-5-7-9-15)12-18(25)16(13-24)19(26)22-14(2)17(20)10-11-21-3/h5-11,13,20-21,25H,2,4,12H2,1,3H3,(H,22,26)/b11-10-,18-16+,20-17?. The minimum absolute atomic E-state index is 0.00554. The summed E-state index contributed by atoms with van der Waals surface area (Å²) >= 11 is 0. The summed E-state index contributed by atoms with van der Waals surface area (Å²) in [5.41, 5.74) is 0.447. The highest BCUT2D eigenvalue weighted by atomic mass is 16.3. The Bertz CT molecular complexity index is 724. The normalized spacial score (nSPS) is 11.5. The van der Waals surface area contributed by atoms with E-state index in [2.05, 4.69) is 17.2 Å². The summed E-state index contributed by atoms with van der Waals surface area (Å²) in [6.07, 6.45) is 3.21. The van der Waals surface area contributed by atoms with Crippen molar-refractivity contribution in [3.8, 4) is 0 Å². The third-order valence-electron chi connectivity index (χ3n) is 3.52. The Morgan fingerprint density at radius 1 is 1.35 bits per heavy atom. The Morgan fingerprint density at radius 3 is 2.54 bits per heavy atom. The van der Waals surface area contributed by atoms with E-state index in [1.807, 2.05) is 42.2 Å². The van der Waals surface area contributed by atoms with E-state index in [1.165, 1.54) is 12.3 Å². The molecular formula is C19H24N4O3. The molecule has 138 valence electrons. The van der Waals surface area contributed by atoms with Crippen molar-refractivity contribution in [2.45, 2.75) is 6.92 Å². The molecule has 0 aromatic heterocycles. The monoisotopic (exact) mass is 356 g/mol. The quantitative estimate of drug-likeness (QED) is 0.128. The molecule has 0 bridgehead atoms. The number of allylic oxidation sites excluding steroid dienone is 1. The third kappa shape index (κ3) is 5.94. The van der Waals surface area contributed by atoms with E-state index in [0.29, 0.717) is 12.8 Å². The van der Waals surface area contributed by atoms with Gasteiger partial charge in [0, 0.05) is 19.3 Å². The second-order valence-electron chi connectivity index (χ2n) is 5.30. The number of aliphatic hydroxyl groups is 1. The Balaban J connectivity index is 2.91. The molecule has 7 nitrogen and oxygen atoms in total. The average molecular weight is 356 g/mol. The van der Waals surface area contributed by atoms with Crippen molar-refractivity contribution in [2.24, 2.45) is 0 Å². The van der Waals surface area contributed by atoms with Crippen LogP contribution < -0.4 is 15.5 Å². The number of nitrogens with one attached hydrogen (secondary N) is 3. The summed E-state index contributed by atoms with van der Waals surface area (Å²) in [5.74, 6) is -1.16. The molecule has 0 aliphatic rings. The minimum atomic E-state index is -0.811. The van der Waals surface area contributed by atoms with Gasteiger partial charge in [0.2, 0.25) is 0 Å². The van der Waals surface area contributed by atoms with Gasteiger partial charge in [-0.05, 0) is 31.3 Å². The number of benzene rings is 1. The number of amides is 1. The first kappa shape index (κ1) is 20.7. The molecule has 1 aromatic rings. The van der Waals surface area contributed by atoms with Crippen LogP contribution in [0.15, 0.2) is 66.2 Å². The molecule has 0 spiro atoms. The Labute approximate surface area is 153 Å². The molecule has 0 saturated carbocycles. The average Bonchev–Trinajstić information content (AvgIpc) is 2.65. The van der Waals surface area contributed by atoms with E-state index in [9.17, 15) is 14.7 Å². The highest BCUT2D eigenvalue weighted by Crippen LogP contribution is 2.15. The van der Waals surface area contributed by atoms with Gasteiger partial charge in [0.15, 0.2) is 6.29 Å². The first-order chi connectivity index (χ1) is 12.4. The fourth-order valence-corrected chi connectivity index (χ4v) is 2.08. The number of hydrogen-bond acceptors (Lipinski definition) is 6. The van der Waals surface area contributed by atoms with Crippen molar-refractivity contribution < 1.29 is 14.7 Å². The predicted molar refractivity (Wildman–Crippen MR) is 103 cm³/mol. The van der Waals surface area contributed by atoms with Crippen molar-refractivity contribution in [3.05, 3.63) is 66.2 Å². The van der Waals surface area contributed by atoms with Gasteiger partial charge in [-0.3, -0.25) is 15.0 Å². The molecule has 1 rings (SSSR count). The van der Waals surface area contributed by atoms with Crippen LogP contribution in [0.25, 0.3) is 0 Å². The first-order valence-corrected chi connectivity index (χ1v) is 8.04. The summed E-state index contributed by atoms with van der Waals surface area (Å²) in [6, 6.07) is 9.34. The molecule has 0 saturated heterocycles. The number of para-hydroxylation sites is 1. The minimum Gasteiger partial charge on any atom is -0.509 e. The maximum atomic E-state index is 12.2. The largest absolute Gasteiger partial charge is 0.509 e. The lowest BCUT2D eigenvalue weighted by Crippen LogP contribution is -2.31. The van der Waals surface area contributed by atoms with E-state index in [0.717, 1.165) is 5.69 Å². The summed E-state index contributed by atoms with van der Waals surface area (Å²) in [5, 5.41) is 23.1. The van der Waals surface area contributed by atoms with Crippen LogP contribution in [0, 0.1) is 5.41 Å². The number of hydrogen-bond donors (Lipinski definition) is 4. The highest BCUT2D eigenvalue weighted by molar-refractivity contribution is 6.15. The number of nitrogens with zero attached hydrogens (tertiary/aromatic N) is 1. The Morgan fingerprint density at radius 2 is 2.00 bits per heavy atom. The number of rotatable bonds is 10. The van der Waals surface area contributed by atoms with Crippen molar-refractivity contribution >= 4 is 23.6 Å². The summed E-state index contributed by atoms with van der Waals surface area (Å²) in [7, 11) is 1.67. The van der Waals surface area contributed by atoms with Crippen molar-refractivity contribution in [1.82, 2.24) is 10.6 Å². The summed E-state index contributed by atoms with van der Waals surface area (Å²) in [4.78, 5) is 25.4. The number of aldehydes is 1. The third-order valence-corrected chi connectivity index (χ3v) is 3.52. The number of anilines is 1. The zero-order valence-corrected chi connectivity index (χ0v) is 15.0. The Hall–Kier alpha value is -3.35. The van der Waals surface area contributed by atoms with Crippen LogP contribution in [0.2, 0.25) is 0 Å². The molecule has 7 heteroatoms. The molecule has 0 radical (unpaired) electrons. The number of carbonyl (C=O) groups excluding carboxylic acids is 2. The maximum Gasteiger partial charge on any atom is 0.262 e. The van der Waals surface area contributed by atoms with Crippen molar-refractivity contribution in [1.29, 1.82) is 5.41 Å². The zero-order valence-electron chi connectivity index (χ0n) is 15.0. The van der Waals surface area contributed by atoms with Crippen LogP contribution in [0.1, 0.15) is 6.92 Å². The first-order valence-electron chi connectivity index (χ1n) is 8.04. The zero-order chi connectivity index (χ0) is 19.5.